The Balaban J connectivity index is 1.83. The number of benzene rings is 1. The molecular weight excluding hydrogens is 174 g/mol. The molecule has 1 aromatic carbocycles. The van der Waals surface area contributed by atoms with Gasteiger partial charge in [0.05, 0.1) is 13.2 Å². The lowest BCUT2D eigenvalue weighted by atomic mass is 9.95. The second kappa shape index (κ2) is 2.81. The van der Waals surface area contributed by atoms with Crippen molar-refractivity contribution in [1.29, 1.82) is 0 Å². The number of nitrogens with two attached hydrogens (primary N) is 1. The summed E-state index contributed by atoms with van der Waals surface area (Å²) < 4.78 is 5.17. The predicted molar refractivity (Wildman–Crippen MR) is 55.1 cm³/mol. The Morgan fingerprint density at radius 1 is 1.14 bits per heavy atom. The third-order valence-corrected chi connectivity index (χ3v) is 3.38. The van der Waals surface area contributed by atoms with Crippen molar-refractivity contribution in [3.05, 3.63) is 35.4 Å². The van der Waals surface area contributed by atoms with Crippen molar-refractivity contribution < 1.29 is 4.74 Å². The standard InChI is InChI=1S/C12H15NO/c13-12(5-6-12)11-3-1-9(2-4-11)10-7-14-8-10/h1-4,10H,5-8,13H2. The fourth-order valence-electron chi connectivity index (χ4n) is 1.94. The van der Waals surface area contributed by atoms with Crippen LogP contribution in [0, 0.1) is 0 Å². The van der Waals surface area contributed by atoms with Crippen LogP contribution in [0.1, 0.15) is 29.9 Å². The molecule has 2 N–H and O–H groups in total. The minimum absolute atomic E-state index is 0.00857. The highest BCUT2D eigenvalue weighted by Crippen LogP contribution is 2.42. The molecule has 2 nitrogen and oxygen atoms in total. The molecule has 1 heterocycles. The average Bonchev–Trinajstić information content (AvgIpc) is 2.83. The maximum absolute atomic E-state index is 6.12. The molecule has 0 spiro atoms. The number of ether oxygens (including phenoxy) is 1. The first-order chi connectivity index (χ1) is 6.78. The van der Waals surface area contributed by atoms with Gasteiger partial charge in [0, 0.05) is 11.5 Å². The second-order valence-electron chi connectivity index (χ2n) is 4.51. The van der Waals surface area contributed by atoms with Gasteiger partial charge in [-0.15, -0.1) is 0 Å². The van der Waals surface area contributed by atoms with Crippen LogP contribution < -0.4 is 5.73 Å². The zero-order valence-electron chi connectivity index (χ0n) is 8.20. The molecule has 0 radical (unpaired) electrons. The molecule has 1 aliphatic carbocycles. The van der Waals surface area contributed by atoms with Crippen LogP contribution in [-0.4, -0.2) is 13.2 Å². The molecule has 0 aromatic heterocycles. The largest absolute Gasteiger partial charge is 0.380 e. The molecule has 2 aliphatic rings. The first-order valence-electron chi connectivity index (χ1n) is 5.25. The summed E-state index contributed by atoms with van der Waals surface area (Å²) in [6.07, 6.45) is 2.28. The SMILES string of the molecule is NC1(c2ccc(C3COC3)cc2)CC1. The lowest BCUT2D eigenvalue weighted by molar-refractivity contribution is 0.00841. The normalized spacial score (nSPS) is 24.4. The van der Waals surface area contributed by atoms with Gasteiger partial charge in [-0.25, -0.2) is 0 Å². The zero-order valence-corrected chi connectivity index (χ0v) is 8.20. The summed E-state index contributed by atoms with van der Waals surface area (Å²) in [7, 11) is 0. The van der Waals surface area contributed by atoms with Crippen molar-refractivity contribution in [1.82, 2.24) is 0 Å². The minimum Gasteiger partial charge on any atom is -0.380 e. The van der Waals surface area contributed by atoms with Crippen LogP contribution in [0.25, 0.3) is 0 Å². The topological polar surface area (TPSA) is 35.2 Å². The van der Waals surface area contributed by atoms with Gasteiger partial charge in [-0.05, 0) is 24.0 Å². The molecule has 0 bridgehead atoms. The predicted octanol–water partition coefficient (Wildman–Crippen LogP) is 1.75. The fourth-order valence-corrected chi connectivity index (χ4v) is 1.94. The Bertz CT molecular complexity index is 336. The van der Waals surface area contributed by atoms with E-state index < -0.39 is 0 Å². The molecule has 1 aromatic rings. The molecule has 0 atom stereocenters. The molecule has 1 saturated carbocycles. The van der Waals surface area contributed by atoms with E-state index in [0.29, 0.717) is 5.92 Å². The molecule has 14 heavy (non-hydrogen) atoms. The van der Waals surface area contributed by atoms with Crippen LogP contribution in [0.5, 0.6) is 0 Å². The summed E-state index contributed by atoms with van der Waals surface area (Å²) in [6.45, 7) is 1.76. The van der Waals surface area contributed by atoms with E-state index in [2.05, 4.69) is 24.3 Å². The maximum Gasteiger partial charge on any atom is 0.0557 e. The van der Waals surface area contributed by atoms with Crippen LogP contribution in [0.15, 0.2) is 24.3 Å². The summed E-state index contributed by atoms with van der Waals surface area (Å²) in [5, 5.41) is 0. The van der Waals surface area contributed by atoms with Crippen molar-refractivity contribution in [3.8, 4) is 0 Å². The summed E-state index contributed by atoms with van der Waals surface area (Å²) in [6, 6.07) is 8.77. The van der Waals surface area contributed by atoms with Gasteiger partial charge in [0.2, 0.25) is 0 Å². The van der Waals surface area contributed by atoms with Crippen molar-refractivity contribution >= 4 is 0 Å². The van der Waals surface area contributed by atoms with Crippen LogP contribution in [0.2, 0.25) is 0 Å². The fraction of sp³-hybridized carbons (Fsp3) is 0.500. The summed E-state index contributed by atoms with van der Waals surface area (Å²) in [5.74, 6) is 0.622. The van der Waals surface area contributed by atoms with Crippen LogP contribution in [-0.2, 0) is 10.3 Å². The molecule has 0 unspecified atom stereocenters. The van der Waals surface area contributed by atoms with Gasteiger partial charge in [0.15, 0.2) is 0 Å². The Hall–Kier alpha value is -0.860. The van der Waals surface area contributed by atoms with Gasteiger partial charge in [-0.1, -0.05) is 24.3 Å². The van der Waals surface area contributed by atoms with Gasteiger partial charge >= 0.3 is 0 Å². The number of hydrogen-bond acceptors (Lipinski definition) is 2. The minimum atomic E-state index is 0.00857. The summed E-state index contributed by atoms with van der Waals surface area (Å²) in [4.78, 5) is 0. The molecule has 1 aliphatic heterocycles. The first-order valence-corrected chi connectivity index (χ1v) is 5.25. The van der Waals surface area contributed by atoms with E-state index in [4.69, 9.17) is 10.5 Å². The van der Waals surface area contributed by atoms with E-state index in [1.165, 1.54) is 11.1 Å². The van der Waals surface area contributed by atoms with Crippen LogP contribution >= 0.6 is 0 Å². The van der Waals surface area contributed by atoms with Gasteiger partial charge < -0.3 is 10.5 Å². The lowest BCUT2D eigenvalue weighted by Gasteiger charge is -2.26. The van der Waals surface area contributed by atoms with Gasteiger partial charge in [-0.3, -0.25) is 0 Å². The monoisotopic (exact) mass is 189 g/mol. The number of hydrogen-bond donors (Lipinski definition) is 1. The smallest absolute Gasteiger partial charge is 0.0557 e. The van der Waals surface area contributed by atoms with E-state index in [1.807, 2.05) is 0 Å². The molecule has 2 heteroatoms. The second-order valence-corrected chi connectivity index (χ2v) is 4.51. The third-order valence-electron chi connectivity index (χ3n) is 3.38. The quantitative estimate of drug-likeness (QED) is 0.769. The highest BCUT2D eigenvalue weighted by atomic mass is 16.5. The molecule has 2 fully saturated rings. The lowest BCUT2D eigenvalue weighted by Crippen LogP contribution is -2.25. The molecule has 3 rings (SSSR count). The van der Waals surface area contributed by atoms with E-state index in [1.54, 1.807) is 0 Å². The average molecular weight is 189 g/mol. The Kier molecular flexibility index (Phi) is 1.70. The van der Waals surface area contributed by atoms with E-state index in [9.17, 15) is 0 Å². The van der Waals surface area contributed by atoms with Crippen LogP contribution in [0.3, 0.4) is 0 Å². The van der Waals surface area contributed by atoms with E-state index in [0.717, 1.165) is 26.1 Å². The highest BCUT2D eigenvalue weighted by molar-refractivity contribution is 5.33. The summed E-state index contributed by atoms with van der Waals surface area (Å²) >= 11 is 0. The van der Waals surface area contributed by atoms with Crippen molar-refractivity contribution in [2.24, 2.45) is 5.73 Å². The molecule has 74 valence electrons. The van der Waals surface area contributed by atoms with Crippen LogP contribution in [0.4, 0.5) is 0 Å². The van der Waals surface area contributed by atoms with Crippen molar-refractivity contribution in [2.75, 3.05) is 13.2 Å². The van der Waals surface area contributed by atoms with Crippen molar-refractivity contribution in [3.63, 3.8) is 0 Å². The molecule has 1 saturated heterocycles. The van der Waals surface area contributed by atoms with E-state index in [-0.39, 0.29) is 5.54 Å². The first kappa shape index (κ1) is 8.45. The third kappa shape index (κ3) is 1.26. The molecule has 0 amide bonds. The zero-order chi connectivity index (χ0) is 9.60. The van der Waals surface area contributed by atoms with Crippen molar-refractivity contribution in [2.45, 2.75) is 24.3 Å². The Morgan fingerprint density at radius 2 is 1.79 bits per heavy atom. The summed E-state index contributed by atoms with van der Waals surface area (Å²) in [5.41, 5.74) is 8.81. The van der Waals surface area contributed by atoms with Gasteiger partial charge in [0.25, 0.3) is 0 Å². The Labute approximate surface area is 84.1 Å². The maximum atomic E-state index is 6.12. The Morgan fingerprint density at radius 3 is 2.21 bits per heavy atom. The molecular formula is C12H15NO. The highest BCUT2D eigenvalue weighted by Gasteiger charge is 2.39. The van der Waals surface area contributed by atoms with Gasteiger partial charge in [0.1, 0.15) is 0 Å². The number of rotatable bonds is 2. The van der Waals surface area contributed by atoms with Gasteiger partial charge in [-0.2, -0.15) is 0 Å². The van der Waals surface area contributed by atoms with E-state index >= 15 is 0 Å².